The zero-order valence-corrected chi connectivity index (χ0v) is 22.8. The van der Waals surface area contributed by atoms with Crippen LogP contribution in [0.3, 0.4) is 0 Å². The first-order chi connectivity index (χ1) is 17.1. The van der Waals surface area contributed by atoms with Gasteiger partial charge in [0.2, 0.25) is 0 Å². The zero-order chi connectivity index (χ0) is 25.5. The number of benzene rings is 3. The van der Waals surface area contributed by atoms with Gasteiger partial charge in [-0.05, 0) is 106 Å². The maximum absolute atomic E-state index is 11.4. The Morgan fingerprint density at radius 1 is 0.861 bits per heavy atom. The average Bonchev–Trinajstić information content (AvgIpc) is 3.42. The van der Waals surface area contributed by atoms with Crippen LogP contribution in [-0.4, -0.2) is 18.5 Å². The molecule has 0 atom stereocenters. The first-order valence-corrected chi connectivity index (χ1v) is 13.9. The van der Waals surface area contributed by atoms with Gasteiger partial charge in [0.15, 0.2) is 0 Å². The van der Waals surface area contributed by atoms with E-state index in [2.05, 4.69) is 64.3 Å². The smallest absolute Gasteiger partial charge is 0.137 e. The number of thioether (sulfide) groups is 1. The maximum Gasteiger partial charge on any atom is 0.137 e. The zero-order valence-electron chi connectivity index (χ0n) is 22.0. The summed E-state index contributed by atoms with van der Waals surface area (Å²) < 4.78 is 11.5. The van der Waals surface area contributed by atoms with Crippen LogP contribution in [0.25, 0.3) is 33.2 Å². The lowest BCUT2D eigenvalue weighted by molar-refractivity contribution is 0.0644. The van der Waals surface area contributed by atoms with Crippen molar-refractivity contribution in [1.29, 1.82) is 0 Å². The first-order valence-electron chi connectivity index (χ1n) is 12.7. The number of rotatable bonds is 3. The largest absolute Gasteiger partial charge is 0.507 e. The second kappa shape index (κ2) is 7.82. The average molecular weight is 499 g/mol. The number of furan rings is 1. The van der Waals surface area contributed by atoms with E-state index in [9.17, 15) is 5.11 Å². The lowest BCUT2D eigenvalue weighted by Gasteiger charge is -2.51. The highest BCUT2D eigenvalue weighted by Crippen LogP contribution is 2.65. The van der Waals surface area contributed by atoms with Gasteiger partial charge in [0.1, 0.15) is 17.3 Å². The Morgan fingerprint density at radius 3 is 2.25 bits per heavy atom. The third-order valence-electron chi connectivity index (χ3n) is 8.27. The van der Waals surface area contributed by atoms with Gasteiger partial charge in [-0.2, -0.15) is 0 Å². The molecule has 0 amide bonds. The minimum Gasteiger partial charge on any atom is -0.507 e. The van der Waals surface area contributed by atoms with Gasteiger partial charge >= 0.3 is 0 Å². The molecule has 3 nitrogen and oxygen atoms in total. The third-order valence-corrected chi connectivity index (χ3v) is 8.99. The Balaban J connectivity index is 1.73. The van der Waals surface area contributed by atoms with Crippen molar-refractivity contribution in [2.24, 2.45) is 10.8 Å². The lowest BCUT2D eigenvalue weighted by Crippen LogP contribution is -2.43. The van der Waals surface area contributed by atoms with E-state index < -0.39 is 0 Å². The predicted octanol–water partition coefficient (Wildman–Crippen LogP) is 9.04. The molecule has 2 aliphatic carbocycles. The molecule has 0 unspecified atom stereocenters. The van der Waals surface area contributed by atoms with Gasteiger partial charge in [-0.25, -0.2) is 0 Å². The van der Waals surface area contributed by atoms with Gasteiger partial charge in [0.05, 0.1) is 18.9 Å². The molecule has 0 bridgehead atoms. The van der Waals surface area contributed by atoms with Crippen LogP contribution < -0.4 is 4.74 Å². The predicted molar refractivity (Wildman–Crippen MR) is 149 cm³/mol. The Hall–Kier alpha value is -2.85. The van der Waals surface area contributed by atoms with Crippen molar-refractivity contribution in [3.8, 4) is 33.9 Å². The molecular formula is C32H34O3S. The second-order valence-electron chi connectivity index (χ2n) is 12.2. The Bertz CT molecular complexity index is 1480. The number of ether oxygens (including phenoxy) is 1. The Labute approximate surface area is 217 Å². The fraction of sp³-hybridized carbons (Fsp3) is 0.375. The highest BCUT2D eigenvalue weighted by Gasteiger charge is 2.53. The SMILES string of the molecule is COc1cc2c(O)cc3c(c2cc1-c1ccco1)-c1ccc(SC)cc1C31CC(C)(C)CC(C)(C)C1. The van der Waals surface area contributed by atoms with E-state index in [1.165, 1.54) is 33.6 Å². The van der Waals surface area contributed by atoms with Crippen LogP contribution >= 0.6 is 11.8 Å². The summed E-state index contributed by atoms with van der Waals surface area (Å²) in [5.74, 6) is 1.77. The molecule has 0 radical (unpaired) electrons. The minimum atomic E-state index is -0.141. The Morgan fingerprint density at radius 2 is 1.61 bits per heavy atom. The minimum absolute atomic E-state index is 0.141. The highest BCUT2D eigenvalue weighted by molar-refractivity contribution is 7.98. The molecule has 2 aliphatic rings. The lowest BCUT2D eigenvalue weighted by atomic mass is 9.52. The summed E-state index contributed by atoms with van der Waals surface area (Å²) in [7, 11) is 1.67. The molecule has 6 rings (SSSR count). The van der Waals surface area contributed by atoms with Gasteiger partial charge in [-0.3, -0.25) is 0 Å². The molecular weight excluding hydrogens is 464 g/mol. The fourth-order valence-electron chi connectivity index (χ4n) is 7.80. The summed E-state index contributed by atoms with van der Waals surface area (Å²) in [5, 5.41) is 13.3. The molecule has 3 aromatic carbocycles. The molecule has 1 N–H and O–H groups in total. The number of aromatic hydroxyl groups is 1. The van der Waals surface area contributed by atoms with Crippen LogP contribution in [0.1, 0.15) is 58.1 Å². The van der Waals surface area contributed by atoms with Crippen molar-refractivity contribution < 1.29 is 14.3 Å². The van der Waals surface area contributed by atoms with Crippen molar-refractivity contribution in [1.82, 2.24) is 0 Å². The van der Waals surface area contributed by atoms with Crippen LogP contribution in [0, 0.1) is 10.8 Å². The van der Waals surface area contributed by atoms with Crippen molar-refractivity contribution in [3.63, 3.8) is 0 Å². The van der Waals surface area contributed by atoms with E-state index in [1.54, 1.807) is 25.1 Å². The van der Waals surface area contributed by atoms with Crippen molar-refractivity contribution in [2.45, 2.75) is 57.3 Å². The topological polar surface area (TPSA) is 42.6 Å². The number of methoxy groups -OCH3 is 1. The molecule has 0 aliphatic heterocycles. The van der Waals surface area contributed by atoms with Crippen molar-refractivity contribution in [2.75, 3.05) is 13.4 Å². The summed E-state index contributed by atoms with van der Waals surface area (Å²) in [6, 6.07) is 17.0. The van der Waals surface area contributed by atoms with E-state index in [4.69, 9.17) is 9.15 Å². The molecule has 1 aromatic heterocycles. The summed E-state index contributed by atoms with van der Waals surface area (Å²) >= 11 is 1.79. The van der Waals surface area contributed by atoms with Gasteiger partial charge in [0.25, 0.3) is 0 Å². The molecule has 1 fully saturated rings. The molecule has 1 spiro atoms. The summed E-state index contributed by atoms with van der Waals surface area (Å²) in [4.78, 5) is 1.29. The van der Waals surface area contributed by atoms with E-state index >= 15 is 0 Å². The van der Waals surface area contributed by atoms with Crippen LogP contribution in [0.2, 0.25) is 0 Å². The molecule has 4 aromatic rings. The fourth-order valence-corrected chi connectivity index (χ4v) is 8.24. The van der Waals surface area contributed by atoms with Crippen LogP contribution in [0.5, 0.6) is 11.5 Å². The van der Waals surface area contributed by atoms with Crippen LogP contribution in [-0.2, 0) is 5.41 Å². The van der Waals surface area contributed by atoms with Gasteiger partial charge < -0.3 is 14.3 Å². The molecule has 1 saturated carbocycles. The van der Waals surface area contributed by atoms with E-state index in [1.807, 2.05) is 18.2 Å². The molecule has 4 heteroatoms. The van der Waals surface area contributed by atoms with Gasteiger partial charge in [0, 0.05) is 15.7 Å². The van der Waals surface area contributed by atoms with Gasteiger partial charge in [-0.1, -0.05) is 33.8 Å². The number of phenols is 1. The van der Waals surface area contributed by atoms with E-state index in [-0.39, 0.29) is 16.2 Å². The first kappa shape index (κ1) is 23.5. The molecule has 36 heavy (non-hydrogen) atoms. The monoisotopic (exact) mass is 498 g/mol. The number of phenolic OH excluding ortho intramolecular Hbond substituents is 1. The number of fused-ring (bicyclic) bond motifs is 7. The van der Waals surface area contributed by atoms with Crippen LogP contribution in [0.15, 0.2) is 64.1 Å². The van der Waals surface area contributed by atoms with E-state index in [0.717, 1.165) is 34.9 Å². The standard InChI is InChI=1S/C32H34O3S/c1-30(2)16-31(3,4)18-32(17-30)24-12-19(36-6)9-10-20(24)29-22-13-23(27-8-7-11-35-27)28(34-5)14-21(22)26(33)15-25(29)32/h7-15,33H,16-18H2,1-6H3. The molecule has 1 heterocycles. The van der Waals surface area contributed by atoms with Crippen molar-refractivity contribution >= 4 is 22.5 Å². The Kier molecular flexibility index (Phi) is 5.12. The normalized spacial score (nSPS) is 18.8. The number of hydrogen-bond donors (Lipinski definition) is 1. The number of hydrogen-bond acceptors (Lipinski definition) is 4. The molecule has 0 saturated heterocycles. The maximum atomic E-state index is 11.4. The van der Waals surface area contributed by atoms with Crippen molar-refractivity contribution in [3.05, 3.63) is 65.9 Å². The van der Waals surface area contributed by atoms with E-state index in [0.29, 0.717) is 11.5 Å². The summed E-state index contributed by atoms with van der Waals surface area (Å²) in [6.45, 7) is 9.64. The highest BCUT2D eigenvalue weighted by atomic mass is 32.2. The second-order valence-corrected chi connectivity index (χ2v) is 13.1. The summed E-state index contributed by atoms with van der Waals surface area (Å²) in [6.07, 6.45) is 7.15. The van der Waals surface area contributed by atoms with Gasteiger partial charge in [-0.15, -0.1) is 11.8 Å². The summed E-state index contributed by atoms with van der Waals surface area (Å²) in [5.41, 5.74) is 6.32. The third kappa shape index (κ3) is 3.41. The quantitative estimate of drug-likeness (QED) is 0.286. The molecule has 186 valence electrons. The van der Waals surface area contributed by atoms with Crippen LogP contribution in [0.4, 0.5) is 0 Å².